The molecule has 0 unspecified atom stereocenters. The van der Waals surface area contributed by atoms with Gasteiger partial charge in [0.25, 0.3) is 0 Å². The van der Waals surface area contributed by atoms with Crippen molar-refractivity contribution in [2.75, 3.05) is 41.0 Å². The molecule has 0 bridgehead atoms. The highest BCUT2D eigenvalue weighted by Gasteiger charge is 2.19. The Morgan fingerprint density at radius 1 is 0.697 bits per heavy atom. The number of benzene rings is 3. The van der Waals surface area contributed by atoms with Crippen molar-refractivity contribution in [3.05, 3.63) is 71.8 Å². The quantitative estimate of drug-likeness (QED) is 0.379. The summed E-state index contributed by atoms with van der Waals surface area (Å²) in [6.07, 6.45) is 3.20. The van der Waals surface area contributed by atoms with Crippen LogP contribution in [0.3, 0.4) is 0 Å². The van der Waals surface area contributed by atoms with Gasteiger partial charge in [-0.25, -0.2) is 0 Å². The van der Waals surface area contributed by atoms with Crippen LogP contribution in [0.1, 0.15) is 24.0 Å². The molecule has 0 fully saturated rings. The summed E-state index contributed by atoms with van der Waals surface area (Å²) < 4.78 is 22.1. The van der Waals surface area contributed by atoms with Crippen molar-refractivity contribution in [2.24, 2.45) is 0 Å². The highest BCUT2D eigenvalue weighted by atomic mass is 16.5. The molecule has 3 aromatic carbocycles. The molecule has 174 valence electrons. The summed E-state index contributed by atoms with van der Waals surface area (Å²) >= 11 is 0. The maximum atomic E-state index is 5.97. The fourth-order valence-corrected chi connectivity index (χ4v) is 4.29. The van der Waals surface area contributed by atoms with Crippen LogP contribution in [0.4, 0.5) is 0 Å². The first-order valence-corrected chi connectivity index (χ1v) is 11.5. The van der Waals surface area contributed by atoms with Crippen LogP contribution in [-0.2, 0) is 13.0 Å². The van der Waals surface area contributed by atoms with Gasteiger partial charge in [-0.3, -0.25) is 4.90 Å². The van der Waals surface area contributed by atoms with E-state index in [-0.39, 0.29) is 0 Å². The van der Waals surface area contributed by atoms with Gasteiger partial charge in [-0.1, -0.05) is 24.3 Å². The van der Waals surface area contributed by atoms with Gasteiger partial charge in [0, 0.05) is 13.1 Å². The van der Waals surface area contributed by atoms with Gasteiger partial charge in [0.15, 0.2) is 11.5 Å². The summed E-state index contributed by atoms with van der Waals surface area (Å²) in [5, 5.41) is 0. The highest BCUT2D eigenvalue weighted by Crippen LogP contribution is 2.33. The van der Waals surface area contributed by atoms with Crippen LogP contribution >= 0.6 is 0 Å². The number of ether oxygens (including phenoxy) is 4. The van der Waals surface area contributed by atoms with Gasteiger partial charge in [0.2, 0.25) is 0 Å². The van der Waals surface area contributed by atoms with E-state index in [9.17, 15) is 0 Å². The zero-order valence-corrected chi connectivity index (χ0v) is 19.8. The van der Waals surface area contributed by atoms with Crippen LogP contribution < -0.4 is 18.9 Å². The molecular formula is C28H33NO4. The van der Waals surface area contributed by atoms with E-state index in [2.05, 4.69) is 41.3 Å². The molecule has 1 aliphatic rings. The molecule has 33 heavy (non-hydrogen) atoms. The number of rotatable bonds is 10. The molecule has 1 aliphatic heterocycles. The molecule has 3 aromatic rings. The van der Waals surface area contributed by atoms with E-state index in [1.807, 2.05) is 24.3 Å². The second kappa shape index (κ2) is 11.1. The van der Waals surface area contributed by atoms with E-state index in [0.717, 1.165) is 68.5 Å². The molecule has 0 radical (unpaired) electrons. The van der Waals surface area contributed by atoms with Crippen LogP contribution in [0, 0.1) is 0 Å². The van der Waals surface area contributed by atoms with Gasteiger partial charge in [0.1, 0.15) is 11.5 Å². The van der Waals surface area contributed by atoms with Gasteiger partial charge in [0.05, 0.1) is 27.9 Å². The first-order valence-electron chi connectivity index (χ1n) is 11.5. The number of hydrogen-bond acceptors (Lipinski definition) is 5. The normalized spacial score (nSPS) is 13.3. The number of nitrogens with zero attached hydrogens (tertiary/aromatic N) is 1. The molecule has 0 saturated carbocycles. The van der Waals surface area contributed by atoms with Gasteiger partial charge in [-0.05, 0) is 84.5 Å². The Balaban J connectivity index is 1.20. The lowest BCUT2D eigenvalue weighted by Gasteiger charge is -2.29. The molecule has 5 nitrogen and oxygen atoms in total. The first-order chi connectivity index (χ1) is 16.2. The SMILES string of the molecule is COc1ccc(-c2ccc(OCCCCN3CCc4cc(OC)c(OC)cc4C3)cc2)cc1. The number of methoxy groups -OCH3 is 3. The van der Waals surface area contributed by atoms with E-state index in [1.165, 1.54) is 22.3 Å². The molecule has 0 saturated heterocycles. The van der Waals surface area contributed by atoms with Crippen LogP contribution in [0.5, 0.6) is 23.0 Å². The fraction of sp³-hybridized carbons (Fsp3) is 0.357. The molecule has 5 heteroatoms. The smallest absolute Gasteiger partial charge is 0.161 e. The van der Waals surface area contributed by atoms with Crippen molar-refractivity contribution in [3.8, 4) is 34.1 Å². The maximum Gasteiger partial charge on any atom is 0.161 e. The van der Waals surface area contributed by atoms with Gasteiger partial charge >= 0.3 is 0 Å². The Morgan fingerprint density at radius 3 is 1.91 bits per heavy atom. The minimum Gasteiger partial charge on any atom is -0.497 e. The predicted molar refractivity (Wildman–Crippen MR) is 132 cm³/mol. The van der Waals surface area contributed by atoms with Crippen molar-refractivity contribution in [3.63, 3.8) is 0 Å². The Labute approximate surface area is 196 Å². The molecular weight excluding hydrogens is 414 g/mol. The van der Waals surface area contributed by atoms with Crippen LogP contribution in [-0.4, -0.2) is 45.9 Å². The molecule has 0 N–H and O–H groups in total. The van der Waals surface area contributed by atoms with Crippen molar-refractivity contribution >= 4 is 0 Å². The summed E-state index contributed by atoms with van der Waals surface area (Å²) in [6, 6.07) is 20.6. The van der Waals surface area contributed by atoms with E-state index in [0.29, 0.717) is 0 Å². The summed E-state index contributed by atoms with van der Waals surface area (Å²) in [7, 11) is 5.07. The summed E-state index contributed by atoms with van der Waals surface area (Å²) in [4.78, 5) is 2.51. The van der Waals surface area contributed by atoms with Crippen molar-refractivity contribution in [2.45, 2.75) is 25.8 Å². The summed E-state index contributed by atoms with van der Waals surface area (Å²) in [5.41, 5.74) is 5.04. The lowest BCUT2D eigenvalue weighted by Crippen LogP contribution is -2.31. The molecule has 4 rings (SSSR count). The summed E-state index contributed by atoms with van der Waals surface area (Å²) in [5.74, 6) is 3.41. The number of fused-ring (bicyclic) bond motifs is 1. The molecule has 0 spiro atoms. The third-order valence-corrected chi connectivity index (χ3v) is 6.21. The van der Waals surface area contributed by atoms with E-state index in [1.54, 1.807) is 21.3 Å². The molecule has 0 amide bonds. The van der Waals surface area contributed by atoms with Gasteiger partial charge in [-0.15, -0.1) is 0 Å². The average molecular weight is 448 g/mol. The minimum absolute atomic E-state index is 0.733. The van der Waals surface area contributed by atoms with E-state index >= 15 is 0 Å². The Kier molecular flexibility index (Phi) is 7.74. The largest absolute Gasteiger partial charge is 0.497 e. The van der Waals surface area contributed by atoms with Crippen molar-refractivity contribution in [1.82, 2.24) is 4.90 Å². The monoisotopic (exact) mass is 447 g/mol. The second-order valence-corrected chi connectivity index (χ2v) is 8.31. The van der Waals surface area contributed by atoms with Crippen LogP contribution in [0.15, 0.2) is 60.7 Å². The Morgan fingerprint density at radius 2 is 1.30 bits per heavy atom. The topological polar surface area (TPSA) is 40.2 Å². The van der Waals surface area contributed by atoms with Crippen LogP contribution in [0.25, 0.3) is 11.1 Å². The average Bonchev–Trinajstić information content (AvgIpc) is 2.88. The van der Waals surface area contributed by atoms with Gasteiger partial charge < -0.3 is 18.9 Å². The molecule has 0 atom stereocenters. The third kappa shape index (κ3) is 5.79. The lowest BCUT2D eigenvalue weighted by atomic mass is 9.98. The van der Waals surface area contributed by atoms with Crippen molar-refractivity contribution in [1.29, 1.82) is 0 Å². The number of hydrogen-bond donors (Lipinski definition) is 0. The Bertz CT molecular complexity index is 1030. The first kappa shape index (κ1) is 23.0. The van der Waals surface area contributed by atoms with Crippen molar-refractivity contribution < 1.29 is 18.9 Å². The molecule has 1 heterocycles. The third-order valence-electron chi connectivity index (χ3n) is 6.21. The predicted octanol–water partition coefficient (Wildman–Crippen LogP) is 5.60. The highest BCUT2D eigenvalue weighted by molar-refractivity contribution is 5.64. The lowest BCUT2D eigenvalue weighted by molar-refractivity contribution is 0.234. The molecule has 0 aliphatic carbocycles. The molecule has 0 aromatic heterocycles. The standard InChI is InChI=1S/C28H33NO4/c1-30-25-10-6-21(7-11-25)22-8-12-26(13-9-22)33-17-5-4-15-29-16-14-23-18-27(31-2)28(32-3)19-24(23)20-29/h6-13,18-19H,4-5,14-17,20H2,1-3H3. The number of unbranched alkanes of at least 4 members (excludes halogenated alkanes) is 1. The zero-order valence-electron chi connectivity index (χ0n) is 19.8. The van der Waals surface area contributed by atoms with Crippen LogP contribution in [0.2, 0.25) is 0 Å². The van der Waals surface area contributed by atoms with Gasteiger partial charge in [-0.2, -0.15) is 0 Å². The van der Waals surface area contributed by atoms with E-state index < -0.39 is 0 Å². The summed E-state index contributed by atoms with van der Waals surface area (Å²) in [6.45, 7) is 3.85. The van der Waals surface area contributed by atoms with E-state index in [4.69, 9.17) is 18.9 Å². The maximum absolute atomic E-state index is 5.97. The fourth-order valence-electron chi connectivity index (χ4n) is 4.29. The zero-order chi connectivity index (χ0) is 23.0. The minimum atomic E-state index is 0.733. The second-order valence-electron chi connectivity index (χ2n) is 8.31. The Hall–Kier alpha value is -3.18.